The van der Waals surface area contributed by atoms with Gasteiger partial charge in [-0.05, 0) is 12.1 Å². The second kappa shape index (κ2) is 5.63. The van der Waals surface area contributed by atoms with Gasteiger partial charge in [-0.25, -0.2) is 0 Å². The topological polar surface area (TPSA) is 71.5 Å². The lowest BCUT2D eigenvalue weighted by molar-refractivity contribution is 0.326. The van der Waals surface area contributed by atoms with Crippen LogP contribution in [-0.4, -0.2) is 11.7 Å². The lowest BCUT2D eigenvalue weighted by atomic mass is 10.2. The van der Waals surface area contributed by atoms with Crippen LogP contribution in [-0.2, 0) is 4.84 Å². The zero-order chi connectivity index (χ0) is 12.8. The molecule has 90 valence electrons. The highest BCUT2D eigenvalue weighted by Crippen LogP contribution is 2.03. The molecule has 0 fully saturated rings. The third kappa shape index (κ3) is 2.95. The fourth-order valence-corrected chi connectivity index (χ4v) is 1.40. The van der Waals surface area contributed by atoms with Gasteiger partial charge in [0.05, 0.1) is 0 Å². The van der Waals surface area contributed by atoms with Gasteiger partial charge in [-0.2, -0.15) is 0 Å². The minimum absolute atomic E-state index is 0.0329. The Kier molecular flexibility index (Phi) is 3.71. The van der Waals surface area contributed by atoms with Crippen molar-refractivity contribution in [1.29, 1.82) is 5.41 Å². The third-order valence-corrected chi connectivity index (χ3v) is 2.34. The van der Waals surface area contributed by atoms with Gasteiger partial charge in [0.2, 0.25) is 5.90 Å². The standard InChI is InChI=1S/C14H13N3O/c15-13(11-7-3-1-4-8-11)17-18-14(16)12-9-5-2-6-10-12/h1-10,16H,(H2,15,17). The van der Waals surface area contributed by atoms with Crippen molar-refractivity contribution in [3.05, 3.63) is 71.8 Å². The highest BCUT2D eigenvalue weighted by molar-refractivity contribution is 5.98. The van der Waals surface area contributed by atoms with Crippen molar-refractivity contribution < 1.29 is 4.84 Å². The van der Waals surface area contributed by atoms with E-state index in [1.165, 1.54) is 0 Å². The summed E-state index contributed by atoms with van der Waals surface area (Å²) in [5.74, 6) is 0.214. The highest BCUT2D eigenvalue weighted by atomic mass is 16.6. The summed E-state index contributed by atoms with van der Waals surface area (Å²) in [5, 5.41) is 11.4. The SMILES string of the molecule is N=C(O/N=C(/N)c1ccccc1)c1ccccc1. The van der Waals surface area contributed by atoms with Crippen molar-refractivity contribution in [1.82, 2.24) is 0 Å². The van der Waals surface area contributed by atoms with Crippen LogP contribution in [0.5, 0.6) is 0 Å². The normalized spacial score (nSPS) is 11.0. The minimum Gasteiger partial charge on any atom is -0.380 e. The summed E-state index contributed by atoms with van der Waals surface area (Å²) in [5.41, 5.74) is 7.17. The maximum atomic E-state index is 7.70. The van der Waals surface area contributed by atoms with E-state index in [0.29, 0.717) is 5.56 Å². The van der Waals surface area contributed by atoms with Gasteiger partial charge in [0, 0.05) is 11.1 Å². The Balaban J connectivity index is 2.05. The van der Waals surface area contributed by atoms with Gasteiger partial charge in [0.25, 0.3) is 0 Å². The summed E-state index contributed by atoms with van der Waals surface area (Å²) in [6.07, 6.45) is 0. The van der Waals surface area contributed by atoms with E-state index in [-0.39, 0.29) is 11.7 Å². The fraction of sp³-hybridized carbons (Fsp3) is 0. The van der Waals surface area contributed by atoms with Gasteiger partial charge in [-0.3, -0.25) is 5.41 Å². The number of hydrogen-bond donors (Lipinski definition) is 2. The molecular weight excluding hydrogens is 226 g/mol. The molecule has 2 rings (SSSR count). The Hall–Kier alpha value is -2.62. The number of hydrogen-bond acceptors (Lipinski definition) is 3. The third-order valence-electron chi connectivity index (χ3n) is 2.34. The van der Waals surface area contributed by atoms with Crippen molar-refractivity contribution in [2.45, 2.75) is 0 Å². The van der Waals surface area contributed by atoms with Crippen LogP contribution in [0.3, 0.4) is 0 Å². The largest absolute Gasteiger partial charge is 0.380 e. The molecule has 3 N–H and O–H groups in total. The van der Waals surface area contributed by atoms with Crippen LogP contribution in [0.25, 0.3) is 0 Å². The van der Waals surface area contributed by atoms with Gasteiger partial charge in [0.1, 0.15) is 0 Å². The summed E-state index contributed by atoms with van der Waals surface area (Å²) in [7, 11) is 0. The lowest BCUT2D eigenvalue weighted by Crippen LogP contribution is -2.15. The lowest BCUT2D eigenvalue weighted by Gasteiger charge is -2.02. The average molecular weight is 239 g/mol. The van der Waals surface area contributed by atoms with Crippen LogP contribution in [0.4, 0.5) is 0 Å². The molecule has 0 aliphatic rings. The summed E-state index contributed by atoms with van der Waals surface area (Å²) in [6, 6.07) is 18.4. The maximum absolute atomic E-state index is 7.70. The maximum Gasteiger partial charge on any atom is 0.248 e. The quantitative estimate of drug-likeness (QED) is 0.490. The van der Waals surface area contributed by atoms with Gasteiger partial charge in [-0.15, -0.1) is 0 Å². The van der Waals surface area contributed by atoms with Gasteiger partial charge in [-0.1, -0.05) is 53.7 Å². The van der Waals surface area contributed by atoms with Crippen LogP contribution in [0, 0.1) is 5.41 Å². The molecule has 18 heavy (non-hydrogen) atoms. The molecule has 0 spiro atoms. The molecule has 0 saturated carbocycles. The van der Waals surface area contributed by atoms with Gasteiger partial charge in [0.15, 0.2) is 5.84 Å². The molecule has 4 heteroatoms. The van der Waals surface area contributed by atoms with Crippen molar-refractivity contribution in [2.24, 2.45) is 10.9 Å². The predicted molar refractivity (Wildman–Crippen MR) is 71.5 cm³/mol. The van der Waals surface area contributed by atoms with E-state index in [1.54, 1.807) is 12.1 Å². The predicted octanol–water partition coefficient (Wildman–Crippen LogP) is 2.35. The van der Waals surface area contributed by atoms with E-state index in [2.05, 4.69) is 5.16 Å². The van der Waals surface area contributed by atoms with Crippen molar-refractivity contribution in [2.75, 3.05) is 0 Å². The zero-order valence-electron chi connectivity index (χ0n) is 9.71. The van der Waals surface area contributed by atoms with Crippen LogP contribution in [0.15, 0.2) is 65.8 Å². The molecule has 0 amide bonds. The molecule has 0 unspecified atom stereocenters. The molecule has 4 nitrogen and oxygen atoms in total. The Labute approximate surface area is 105 Å². The number of oxime groups is 1. The van der Waals surface area contributed by atoms with Crippen LogP contribution >= 0.6 is 0 Å². The monoisotopic (exact) mass is 239 g/mol. The van der Waals surface area contributed by atoms with Gasteiger partial charge >= 0.3 is 0 Å². The number of nitrogens with two attached hydrogens (primary N) is 1. The molecule has 2 aromatic rings. The highest BCUT2D eigenvalue weighted by Gasteiger charge is 2.02. The van der Waals surface area contributed by atoms with E-state index < -0.39 is 0 Å². The number of amidine groups is 1. The van der Waals surface area contributed by atoms with E-state index in [4.69, 9.17) is 16.0 Å². The Morgan fingerprint density at radius 2 is 1.39 bits per heavy atom. The van der Waals surface area contributed by atoms with Crippen molar-refractivity contribution in [3.63, 3.8) is 0 Å². The van der Waals surface area contributed by atoms with E-state index in [1.807, 2.05) is 48.5 Å². The molecule has 0 bridgehead atoms. The van der Waals surface area contributed by atoms with Crippen LogP contribution in [0.1, 0.15) is 11.1 Å². The van der Waals surface area contributed by atoms with E-state index in [9.17, 15) is 0 Å². The molecule has 0 atom stereocenters. The number of rotatable bonds is 3. The molecule has 0 aromatic heterocycles. The fourth-order valence-electron chi connectivity index (χ4n) is 1.40. The summed E-state index contributed by atoms with van der Waals surface area (Å²) < 4.78 is 0. The first-order valence-corrected chi connectivity index (χ1v) is 5.47. The van der Waals surface area contributed by atoms with Crippen molar-refractivity contribution >= 4 is 11.7 Å². The Morgan fingerprint density at radius 3 is 1.94 bits per heavy atom. The van der Waals surface area contributed by atoms with E-state index in [0.717, 1.165) is 5.56 Å². The first kappa shape index (κ1) is 11.9. The summed E-state index contributed by atoms with van der Waals surface area (Å²) in [6.45, 7) is 0. The number of nitrogens with one attached hydrogen (secondary N) is 1. The first-order valence-electron chi connectivity index (χ1n) is 5.47. The first-order chi connectivity index (χ1) is 8.77. The average Bonchev–Trinajstić information content (AvgIpc) is 2.46. The van der Waals surface area contributed by atoms with Crippen LogP contribution in [0.2, 0.25) is 0 Å². The van der Waals surface area contributed by atoms with Crippen molar-refractivity contribution in [3.8, 4) is 0 Å². The van der Waals surface area contributed by atoms with E-state index >= 15 is 0 Å². The van der Waals surface area contributed by atoms with Gasteiger partial charge < -0.3 is 10.6 Å². The zero-order valence-corrected chi connectivity index (χ0v) is 9.71. The number of nitrogens with zero attached hydrogens (tertiary/aromatic N) is 1. The molecular formula is C14H13N3O. The minimum atomic E-state index is -0.0329. The Bertz CT molecular complexity index is 550. The second-order valence-electron chi connectivity index (χ2n) is 3.63. The molecule has 0 saturated heterocycles. The smallest absolute Gasteiger partial charge is 0.248 e. The molecule has 0 aliphatic carbocycles. The Morgan fingerprint density at radius 1 is 0.889 bits per heavy atom. The molecule has 2 aromatic carbocycles. The summed E-state index contributed by atoms with van der Waals surface area (Å²) in [4.78, 5) is 4.99. The van der Waals surface area contributed by atoms with Crippen LogP contribution < -0.4 is 5.73 Å². The summed E-state index contributed by atoms with van der Waals surface area (Å²) >= 11 is 0. The number of benzene rings is 2. The molecule has 0 heterocycles. The molecule has 0 aliphatic heterocycles. The molecule has 0 radical (unpaired) electrons. The second-order valence-corrected chi connectivity index (χ2v) is 3.63.